The van der Waals surface area contributed by atoms with Crippen LogP contribution in [-0.2, 0) is 17.6 Å². The molecule has 2 fully saturated rings. The smallest absolute Gasteiger partial charge is 0.274 e. The summed E-state index contributed by atoms with van der Waals surface area (Å²) in [6.45, 7) is 3.57. The number of rotatable bonds is 3. The van der Waals surface area contributed by atoms with Gasteiger partial charge in [0.2, 0.25) is 0 Å². The third kappa shape index (κ3) is 2.39. The number of H-pyrrole nitrogens is 1. The summed E-state index contributed by atoms with van der Waals surface area (Å²) in [5.41, 5.74) is 3.14. The molecule has 126 valence electrons. The normalized spacial score (nSPS) is 26.3. The molecule has 3 aliphatic rings. The van der Waals surface area contributed by atoms with Crippen LogP contribution in [0.5, 0.6) is 0 Å². The van der Waals surface area contributed by atoms with Gasteiger partial charge in [0.05, 0.1) is 5.54 Å². The number of likely N-dealkylation sites (tertiary alicyclic amines) is 2. The molecule has 1 N–H and O–H groups in total. The van der Waals surface area contributed by atoms with E-state index in [4.69, 9.17) is 4.74 Å². The summed E-state index contributed by atoms with van der Waals surface area (Å²) in [6, 6.07) is 0. The van der Waals surface area contributed by atoms with Crippen molar-refractivity contribution in [3.63, 3.8) is 0 Å². The summed E-state index contributed by atoms with van der Waals surface area (Å²) in [6.07, 6.45) is 5.46. The zero-order valence-electron chi connectivity index (χ0n) is 14.1. The number of hydrogen-bond donors (Lipinski definition) is 1. The second kappa shape index (κ2) is 5.60. The zero-order valence-corrected chi connectivity index (χ0v) is 14.1. The number of ether oxygens (including phenoxy) is 1. The van der Waals surface area contributed by atoms with Crippen LogP contribution in [-0.4, -0.2) is 71.8 Å². The van der Waals surface area contributed by atoms with Gasteiger partial charge in [-0.05, 0) is 51.6 Å². The van der Waals surface area contributed by atoms with Crippen LogP contribution in [0.25, 0.3) is 0 Å². The highest BCUT2D eigenvalue weighted by molar-refractivity contribution is 5.95. The zero-order chi connectivity index (χ0) is 16.0. The molecular weight excluding hydrogens is 292 g/mol. The molecule has 1 aliphatic carbocycles. The fraction of sp³-hybridized carbons (Fsp3) is 0.765. The van der Waals surface area contributed by atoms with Crippen LogP contribution in [0.1, 0.15) is 41.0 Å². The molecule has 2 aliphatic heterocycles. The van der Waals surface area contributed by atoms with Crippen molar-refractivity contribution in [2.75, 3.05) is 40.4 Å². The topological polar surface area (TPSA) is 61.5 Å². The lowest BCUT2D eigenvalue weighted by Crippen LogP contribution is -2.72. The Bertz CT molecular complexity index is 606. The van der Waals surface area contributed by atoms with Crippen LogP contribution in [0, 0.1) is 5.92 Å². The van der Waals surface area contributed by atoms with Gasteiger partial charge < -0.3 is 9.64 Å². The van der Waals surface area contributed by atoms with Gasteiger partial charge in [0, 0.05) is 38.1 Å². The quantitative estimate of drug-likeness (QED) is 0.906. The summed E-state index contributed by atoms with van der Waals surface area (Å²) in [7, 11) is 3.97. The second-order valence-electron chi connectivity index (χ2n) is 7.50. The van der Waals surface area contributed by atoms with E-state index >= 15 is 0 Å². The Kier molecular flexibility index (Phi) is 3.69. The first-order chi connectivity index (χ1) is 11.1. The summed E-state index contributed by atoms with van der Waals surface area (Å²) in [5.74, 6) is 0.723. The molecule has 1 unspecified atom stereocenters. The molecule has 0 radical (unpaired) electrons. The Morgan fingerprint density at radius 1 is 1.43 bits per heavy atom. The van der Waals surface area contributed by atoms with Crippen molar-refractivity contribution in [2.24, 2.45) is 5.92 Å². The molecule has 1 atom stereocenters. The van der Waals surface area contributed by atoms with Crippen LogP contribution >= 0.6 is 0 Å². The first-order valence-corrected chi connectivity index (χ1v) is 8.68. The predicted octanol–water partition coefficient (Wildman–Crippen LogP) is 1.08. The number of methoxy groups -OCH3 is 1. The maximum atomic E-state index is 12.8. The van der Waals surface area contributed by atoms with Gasteiger partial charge in [-0.3, -0.25) is 14.8 Å². The highest BCUT2D eigenvalue weighted by atomic mass is 16.5. The number of aromatic amines is 1. The minimum absolute atomic E-state index is 0.109. The van der Waals surface area contributed by atoms with Crippen LogP contribution in [0.15, 0.2) is 0 Å². The van der Waals surface area contributed by atoms with Gasteiger partial charge in [0.25, 0.3) is 5.91 Å². The fourth-order valence-electron chi connectivity index (χ4n) is 4.61. The molecule has 4 rings (SSSR count). The van der Waals surface area contributed by atoms with E-state index in [9.17, 15) is 4.79 Å². The highest BCUT2D eigenvalue weighted by Crippen LogP contribution is 2.39. The molecule has 3 heterocycles. The fourth-order valence-corrected chi connectivity index (χ4v) is 4.61. The van der Waals surface area contributed by atoms with Gasteiger partial charge in [-0.1, -0.05) is 0 Å². The molecule has 0 saturated carbocycles. The number of aromatic nitrogens is 2. The number of fused-ring (bicyclic) bond motifs is 1. The molecule has 1 aromatic heterocycles. The molecule has 2 saturated heterocycles. The number of nitrogens with one attached hydrogen (secondary N) is 1. The minimum Gasteiger partial charge on any atom is -0.384 e. The van der Waals surface area contributed by atoms with E-state index in [-0.39, 0.29) is 11.4 Å². The third-order valence-corrected chi connectivity index (χ3v) is 6.02. The van der Waals surface area contributed by atoms with E-state index in [2.05, 4.69) is 22.1 Å². The van der Waals surface area contributed by atoms with Gasteiger partial charge in [-0.2, -0.15) is 5.10 Å². The Morgan fingerprint density at radius 3 is 3.04 bits per heavy atom. The van der Waals surface area contributed by atoms with E-state index in [1.165, 1.54) is 12.1 Å². The average Bonchev–Trinajstić information content (AvgIpc) is 3.09. The molecule has 23 heavy (non-hydrogen) atoms. The molecular formula is C17H26N4O2. The van der Waals surface area contributed by atoms with Crippen LogP contribution in [0.2, 0.25) is 0 Å². The highest BCUT2D eigenvalue weighted by Gasteiger charge is 2.51. The monoisotopic (exact) mass is 318 g/mol. The molecule has 1 aromatic rings. The van der Waals surface area contributed by atoms with Gasteiger partial charge in [-0.15, -0.1) is 0 Å². The van der Waals surface area contributed by atoms with Crippen molar-refractivity contribution < 1.29 is 9.53 Å². The minimum atomic E-state index is 0.109. The lowest BCUT2D eigenvalue weighted by molar-refractivity contribution is -0.0732. The third-order valence-electron chi connectivity index (χ3n) is 6.02. The van der Waals surface area contributed by atoms with Crippen LogP contribution < -0.4 is 0 Å². The molecule has 6 nitrogen and oxygen atoms in total. The number of carbonyl (C=O) groups excluding carboxylic acids is 1. The van der Waals surface area contributed by atoms with Crippen molar-refractivity contribution in [1.82, 2.24) is 20.0 Å². The number of carbonyl (C=O) groups is 1. The largest absolute Gasteiger partial charge is 0.384 e. The Morgan fingerprint density at radius 2 is 2.26 bits per heavy atom. The van der Waals surface area contributed by atoms with E-state index in [0.29, 0.717) is 11.6 Å². The van der Waals surface area contributed by atoms with Gasteiger partial charge in [0.1, 0.15) is 0 Å². The molecule has 0 bridgehead atoms. The summed E-state index contributed by atoms with van der Waals surface area (Å²) < 4.78 is 5.35. The van der Waals surface area contributed by atoms with Gasteiger partial charge >= 0.3 is 0 Å². The maximum Gasteiger partial charge on any atom is 0.274 e. The number of nitrogens with zero attached hydrogens (tertiary/aromatic N) is 3. The lowest BCUT2D eigenvalue weighted by atomic mass is 9.75. The standard InChI is InChI=1S/C17H26N4O2/c1-20-7-6-12(9-23-2)8-17(20)10-21(11-17)16(22)15-13-4-3-5-14(13)18-19-15/h12H,3-11H2,1-2H3,(H,18,19). The van der Waals surface area contributed by atoms with E-state index < -0.39 is 0 Å². The van der Waals surface area contributed by atoms with Crippen molar-refractivity contribution in [3.05, 3.63) is 17.0 Å². The molecule has 0 aromatic carbocycles. The molecule has 1 spiro atoms. The predicted molar refractivity (Wildman–Crippen MR) is 86.5 cm³/mol. The van der Waals surface area contributed by atoms with Crippen molar-refractivity contribution in [2.45, 2.75) is 37.6 Å². The summed E-state index contributed by atoms with van der Waals surface area (Å²) in [4.78, 5) is 17.2. The number of likely N-dealkylation sites (N-methyl/N-ethyl adjacent to an activating group) is 1. The SMILES string of the molecule is COCC1CCN(C)C2(C1)CN(C(=O)c1n[nH]c3c1CCC3)C2. The summed E-state index contributed by atoms with van der Waals surface area (Å²) in [5, 5.41) is 7.34. The maximum absolute atomic E-state index is 12.8. The summed E-state index contributed by atoms with van der Waals surface area (Å²) >= 11 is 0. The van der Waals surface area contributed by atoms with Crippen molar-refractivity contribution in [1.29, 1.82) is 0 Å². The van der Waals surface area contributed by atoms with Gasteiger partial charge in [-0.25, -0.2) is 0 Å². The Hall–Kier alpha value is -1.40. The van der Waals surface area contributed by atoms with Crippen LogP contribution in [0.3, 0.4) is 0 Å². The Balaban J connectivity index is 1.44. The number of aryl methyl sites for hydroxylation is 1. The van der Waals surface area contributed by atoms with Gasteiger partial charge in [0.15, 0.2) is 5.69 Å². The number of amides is 1. The van der Waals surface area contributed by atoms with Crippen molar-refractivity contribution >= 4 is 5.91 Å². The first-order valence-electron chi connectivity index (χ1n) is 8.68. The Labute approximate surface area is 137 Å². The van der Waals surface area contributed by atoms with E-state index in [1.807, 2.05) is 4.90 Å². The van der Waals surface area contributed by atoms with E-state index in [1.54, 1.807) is 7.11 Å². The molecule has 1 amide bonds. The van der Waals surface area contributed by atoms with Crippen LogP contribution in [0.4, 0.5) is 0 Å². The average molecular weight is 318 g/mol. The van der Waals surface area contributed by atoms with Crippen molar-refractivity contribution in [3.8, 4) is 0 Å². The number of piperidine rings is 1. The second-order valence-corrected chi connectivity index (χ2v) is 7.50. The lowest BCUT2D eigenvalue weighted by Gasteiger charge is -2.58. The first kappa shape index (κ1) is 15.1. The number of hydrogen-bond acceptors (Lipinski definition) is 4. The molecule has 6 heteroatoms. The van der Waals surface area contributed by atoms with E-state index in [0.717, 1.165) is 57.5 Å².